The number of hydrogen-bond donors (Lipinski definition) is 4. The zero-order valence-corrected chi connectivity index (χ0v) is 21.3. The van der Waals surface area contributed by atoms with Crippen molar-refractivity contribution >= 4 is 17.7 Å². The predicted octanol–water partition coefficient (Wildman–Crippen LogP) is 3.16. The second kappa shape index (κ2) is 12.3. The molecule has 7 nitrogen and oxygen atoms in total. The average molecular weight is 474 g/mol. The number of rotatable bonds is 11. The fourth-order valence-electron chi connectivity index (χ4n) is 4.34. The summed E-state index contributed by atoms with van der Waals surface area (Å²) in [6, 6.07) is 7.33. The summed E-state index contributed by atoms with van der Waals surface area (Å²) in [6.45, 7) is 7.38. The van der Waals surface area contributed by atoms with E-state index in [4.69, 9.17) is 5.73 Å². The lowest BCUT2D eigenvalue weighted by Crippen LogP contribution is -2.53. The van der Waals surface area contributed by atoms with Crippen molar-refractivity contribution < 1.29 is 19.5 Å². The minimum atomic E-state index is -0.718. The number of aryl methyl sites for hydroxylation is 1. The number of primary amides is 1. The SMILES string of the molecule is CC(CCC(=O)NC(Cc1ccc(CCC2(O)CCCCC2)cc1)C(=O)NC(C)(C)C)C(N)=O. The molecule has 0 aliphatic heterocycles. The van der Waals surface area contributed by atoms with Gasteiger partial charge in [-0.05, 0) is 64.0 Å². The molecule has 2 unspecified atom stereocenters. The Bertz CT molecular complexity index is 823. The molecule has 5 N–H and O–H groups in total. The Morgan fingerprint density at radius 1 is 1.06 bits per heavy atom. The summed E-state index contributed by atoms with van der Waals surface area (Å²) in [4.78, 5) is 36.6. The fraction of sp³-hybridized carbons (Fsp3) is 0.667. The van der Waals surface area contributed by atoms with Gasteiger partial charge in [0.25, 0.3) is 0 Å². The summed E-state index contributed by atoms with van der Waals surface area (Å²) >= 11 is 0. The molecule has 0 radical (unpaired) electrons. The van der Waals surface area contributed by atoms with E-state index < -0.39 is 29.0 Å². The van der Waals surface area contributed by atoms with Gasteiger partial charge >= 0.3 is 0 Å². The molecule has 0 aromatic heterocycles. The van der Waals surface area contributed by atoms with Crippen LogP contribution in [0.3, 0.4) is 0 Å². The van der Waals surface area contributed by atoms with Crippen molar-refractivity contribution in [3.05, 3.63) is 35.4 Å². The summed E-state index contributed by atoms with van der Waals surface area (Å²) < 4.78 is 0. The van der Waals surface area contributed by atoms with E-state index in [1.165, 1.54) is 6.42 Å². The average Bonchev–Trinajstić information content (AvgIpc) is 2.75. The summed E-state index contributed by atoms with van der Waals surface area (Å²) in [5.74, 6) is -1.36. The first kappa shape index (κ1) is 27.8. The summed E-state index contributed by atoms with van der Waals surface area (Å²) in [5, 5.41) is 16.5. The van der Waals surface area contributed by atoms with E-state index in [0.717, 1.165) is 49.7 Å². The number of amides is 3. The number of hydrogen-bond acceptors (Lipinski definition) is 4. The zero-order chi connectivity index (χ0) is 25.4. The number of carbonyl (C=O) groups is 3. The monoisotopic (exact) mass is 473 g/mol. The van der Waals surface area contributed by atoms with E-state index >= 15 is 0 Å². The molecule has 34 heavy (non-hydrogen) atoms. The molecule has 1 aliphatic carbocycles. The van der Waals surface area contributed by atoms with Gasteiger partial charge in [-0.1, -0.05) is 50.5 Å². The molecular weight excluding hydrogens is 430 g/mol. The van der Waals surface area contributed by atoms with Gasteiger partial charge in [-0.3, -0.25) is 14.4 Å². The van der Waals surface area contributed by atoms with Crippen molar-refractivity contribution in [2.24, 2.45) is 11.7 Å². The fourth-order valence-corrected chi connectivity index (χ4v) is 4.34. The third-order valence-corrected chi connectivity index (χ3v) is 6.57. The second-order valence-electron chi connectivity index (χ2n) is 11.0. The minimum Gasteiger partial charge on any atom is -0.390 e. The predicted molar refractivity (Wildman–Crippen MR) is 134 cm³/mol. The molecule has 1 aromatic rings. The Morgan fingerprint density at radius 2 is 1.65 bits per heavy atom. The van der Waals surface area contributed by atoms with Gasteiger partial charge in [0.1, 0.15) is 6.04 Å². The van der Waals surface area contributed by atoms with Crippen LogP contribution in [-0.4, -0.2) is 40.0 Å². The molecule has 3 amide bonds. The van der Waals surface area contributed by atoms with Crippen molar-refractivity contribution in [1.82, 2.24) is 10.6 Å². The lowest BCUT2D eigenvalue weighted by atomic mass is 9.81. The molecule has 0 spiro atoms. The highest BCUT2D eigenvalue weighted by atomic mass is 16.3. The molecule has 1 aromatic carbocycles. The van der Waals surface area contributed by atoms with E-state index in [-0.39, 0.29) is 18.2 Å². The van der Waals surface area contributed by atoms with Gasteiger partial charge in [-0.25, -0.2) is 0 Å². The smallest absolute Gasteiger partial charge is 0.243 e. The maximum atomic E-state index is 12.9. The third-order valence-electron chi connectivity index (χ3n) is 6.57. The number of aliphatic hydroxyl groups is 1. The van der Waals surface area contributed by atoms with Gasteiger partial charge in [0.2, 0.25) is 17.7 Å². The van der Waals surface area contributed by atoms with Crippen molar-refractivity contribution in [2.45, 2.75) is 109 Å². The number of carbonyl (C=O) groups excluding carboxylic acids is 3. The summed E-state index contributed by atoms with van der Waals surface area (Å²) in [7, 11) is 0. The van der Waals surface area contributed by atoms with Crippen LogP contribution in [0, 0.1) is 5.92 Å². The van der Waals surface area contributed by atoms with Crippen LogP contribution in [-0.2, 0) is 27.2 Å². The molecular formula is C27H43N3O4. The van der Waals surface area contributed by atoms with E-state index in [9.17, 15) is 19.5 Å². The highest BCUT2D eigenvalue weighted by Gasteiger charge is 2.29. The van der Waals surface area contributed by atoms with Crippen molar-refractivity contribution in [1.29, 1.82) is 0 Å². The van der Waals surface area contributed by atoms with Crippen LogP contribution in [0.5, 0.6) is 0 Å². The standard InChI is InChI=1S/C27H43N3O4/c1-19(24(28)32)8-13-23(31)29-22(25(33)30-26(2,3)4)18-21-11-9-20(10-12-21)14-17-27(34)15-6-5-7-16-27/h9-12,19,22,34H,5-8,13-18H2,1-4H3,(H2,28,32)(H,29,31)(H,30,33). The molecule has 1 fully saturated rings. The molecule has 2 rings (SSSR count). The van der Waals surface area contributed by atoms with Gasteiger partial charge in [0.05, 0.1) is 5.60 Å². The molecule has 1 saturated carbocycles. The van der Waals surface area contributed by atoms with Gasteiger partial charge in [0.15, 0.2) is 0 Å². The van der Waals surface area contributed by atoms with Gasteiger partial charge in [-0.15, -0.1) is 0 Å². The van der Waals surface area contributed by atoms with E-state index in [0.29, 0.717) is 12.8 Å². The van der Waals surface area contributed by atoms with Gasteiger partial charge in [-0.2, -0.15) is 0 Å². The third kappa shape index (κ3) is 9.84. The molecule has 0 saturated heterocycles. The van der Waals surface area contributed by atoms with Crippen LogP contribution in [0.2, 0.25) is 0 Å². The van der Waals surface area contributed by atoms with Crippen LogP contribution < -0.4 is 16.4 Å². The first-order valence-electron chi connectivity index (χ1n) is 12.6. The zero-order valence-electron chi connectivity index (χ0n) is 21.3. The molecule has 190 valence electrons. The second-order valence-corrected chi connectivity index (χ2v) is 11.0. The Hall–Kier alpha value is -2.41. The Balaban J connectivity index is 1.99. The quantitative estimate of drug-likeness (QED) is 0.394. The van der Waals surface area contributed by atoms with Gasteiger partial charge < -0.3 is 21.5 Å². The van der Waals surface area contributed by atoms with Crippen LogP contribution >= 0.6 is 0 Å². The van der Waals surface area contributed by atoms with Crippen molar-refractivity contribution in [3.8, 4) is 0 Å². The molecule has 0 bridgehead atoms. The first-order chi connectivity index (χ1) is 15.9. The highest BCUT2D eigenvalue weighted by molar-refractivity contribution is 5.88. The van der Waals surface area contributed by atoms with Crippen LogP contribution in [0.4, 0.5) is 0 Å². The summed E-state index contributed by atoms with van der Waals surface area (Å²) in [6.07, 6.45) is 7.59. The van der Waals surface area contributed by atoms with Crippen molar-refractivity contribution in [2.75, 3.05) is 0 Å². The van der Waals surface area contributed by atoms with E-state index in [2.05, 4.69) is 10.6 Å². The maximum Gasteiger partial charge on any atom is 0.243 e. The maximum absolute atomic E-state index is 12.9. The van der Waals surface area contributed by atoms with Crippen LogP contribution in [0.15, 0.2) is 24.3 Å². The first-order valence-corrected chi connectivity index (χ1v) is 12.6. The number of nitrogens with one attached hydrogen (secondary N) is 2. The molecule has 2 atom stereocenters. The Labute approximate surface area is 204 Å². The Morgan fingerprint density at radius 3 is 2.21 bits per heavy atom. The Kier molecular flexibility index (Phi) is 10.1. The largest absolute Gasteiger partial charge is 0.390 e. The molecule has 7 heteroatoms. The molecule has 0 heterocycles. The normalized spacial score (nSPS) is 17.4. The lowest BCUT2D eigenvalue weighted by molar-refractivity contribution is -0.130. The minimum absolute atomic E-state index is 0.130. The van der Waals surface area contributed by atoms with E-state index in [1.54, 1.807) is 6.92 Å². The number of nitrogens with two attached hydrogens (primary N) is 1. The molecule has 1 aliphatic rings. The highest BCUT2D eigenvalue weighted by Crippen LogP contribution is 2.31. The van der Waals surface area contributed by atoms with Crippen LogP contribution in [0.1, 0.15) is 90.2 Å². The topological polar surface area (TPSA) is 122 Å². The lowest BCUT2D eigenvalue weighted by Gasteiger charge is -2.32. The van der Waals surface area contributed by atoms with Crippen LogP contribution in [0.25, 0.3) is 0 Å². The van der Waals surface area contributed by atoms with Gasteiger partial charge in [0, 0.05) is 24.3 Å². The summed E-state index contributed by atoms with van der Waals surface area (Å²) in [5.41, 5.74) is 6.41. The van der Waals surface area contributed by atoms with E-state index in [1.807, 2.05) is 45.0 Å². The number of benzene rings is 1. The van der Waals surface area contributed by atoms with Crippen molar-refractivity contribution in [3.63, 3.8) is 0 Å².